The van der Waals surface area contributed by atoms with Crippen molar-refractivity contribution in [2.75, 3.05) is 4.90 Å². The molecule has 2 aromatic rings. The lowest BCUT2D eigenvalue weighted by Gasteiger charge is -2.33. The summed E-state index contributed by atoms with van der Waals surface area (Å²) in [6.45, 7) is 14.8. The maximum atomic E-state index is 6.56. The molecule has 0 aliphatic carbocycles. The summed E-state index contributed by atoms with van der Waals surface area (Å²) in [6, 6.07) is 12.9. The molecule has 0 fully saturated rings. The molecule has 0 aliphatic heterocycles. The Hall–Kier alpha value is -1.44. The quantitative estimate of drug-likeness (QED) is 0.483. The summed E-state index contributed by atoms with van der Waals surface area (Å²) in [5, 5.41) is 1.17. The number of aryl methyl sites for hydroxylation is 1. The highest BCUT2D eigenvalue weighted by Gasteiger charge is 2.21. The third-order valence-electron chi connectivity index (χ3n) is 4.37. The molecule has 0 bridgehead atoms. The van der Waals surface area contributed by atoms with Crippen molar-refractivity contribution >= 4 is 34.6 Å². The third kappa shape index (κ3) is 4.59. The van der Waals surface area contributed by atoms with Crippen molar-refractivity contribution in [2.45, 2.75) is 52.5 Å². The van der Waals surface area contributed by atoms with Crippen molar-refractivity contribution in [1.82, 2.24) is 0 Å². The molecule has 0 spiro atoms. The van der Waals surface area contributed by atoms with Gasteiger partial charge in [-0.3, -0.25) is 0 Å². The summed E-state index contributed by atoms with van der Waals surface area (Å²) in [5.74, 6) is 0. The molecular weight excluding hydrogens is 349 g/mol. The Balaban J connectivity index is 2.56. The largest absolute Gasteiger partial charge is 0.337 e. The van der Waals surface area contributed by atoms with Gasteiger partial charge in [-0.15, -0.1) is 6.58 Å². The molecule has 2 rings (SSSR count). The van der Waals surface area contributed by atoms with E-state index in [1.807, 2.05) is 19.1 Å². The highest BCUT2D eigenvalue weighted by atomic mass is 35.5. The second-order valence-electron chi connectivity index (χ2n) is 7.62. The summed E-state index contributed by atoms with van der Waals surface area (Å²) in [6.07, 6.45) is 2.79. The molecule has 0 saturated carbocycles. The van der Waals surface area contributed by atoms with Crippen molar-refractivity contribution < 1.29 is 0 Å². The molecule has 0 saturated heterocycles. The van der Waals surface area contributed by atoms with Gasteiger partial charge in [0, 0.05) is 11.7 Å². The Morgan fingerprint density at radius 1 is 1.12 bits per heavy atom. The minimum Gasteiger partial charge on any atom is -0.337 e. The van der Waals surface area contributed by atoms with Crippen LogP contribution in [0.4, 0.5) is 11.4 Å². The standard InChI is InChI=1S/C22H27Cl2N/c1-7-8-16(3)25(20-14-15(2)13-19(23)21(20)24)18-11-9-17(10-12-18)22(4,5)6/h7,9-14,16H,1,8H2,2-6H3. The first kappa shape index (κ1) is 19.9. The first-order valence-electron chi connectivity index (χ1n) is 8.61. The minimum absolute atomic E-state index is 0.125. The number of benzene rings is 2. The first-order chi connectivity index (χ1) is 11.6. The van der Waals surface area contributed by atoms with Crippen LogP contribution in [0.5, 0.6) is 0 Å². The summed E-state index contributed by atoms with van der Waals surface area (Å²) < 4.78 is 0. The lowest BCUT2D eigenvalue weighted by atomic mass is 9.87. The van der Waals surface area contributed by atoms with Gasteiger partial charge in [0.25, 0.3) is 0 Å². The Bertz CT molecular complexity index is 742. The summed E-state index contributed by atoms with van der Waals surface area (Å²) in [5.41, 5.74) is 4.56. The van der Waals surface area contributed by atoms with Crippen molar-refractivity contribution in [3.05, 3.63) is 70.2 Å². The maximum absolute atomic E-state index is 6.56. The van der Waals surface area contributed by atoms with E-state index in [0.29, 0.717) is 10.0 Å². The van der Waals surface area contributed by atoms with Crippen molar-refractivity contribution in [3.8, 4) is 0 Å². The number of halogens is 2. The Morgan fingerprint density at radius 3 is 2.24 bits per heavy atom. The van der Waals surface area contributed by atoms with E-state index < -0.39 is 0 Å². The van der Waals surface area contributed by atoms with Crippen LogP contribution in [0.3, 0.4) is 0 Å². The van der Waals surface area contributed by atoms with Crippen LogP contribution in [0.15, 0.2) is 49.1 Å². The van der Waals surface area contributed by atoms with E-state index in [1.165, 1.54) is 5.56 Å². The number of nitrogens with zero attached hydrogens (tertiary/aromatic N) is 1. The molecule has 2 aromatic carbocycles. The zero-order valence-corrected chi connectivity index (χ0v) is 17.2. The highest BCUT2D eigenvalue weighted by molar-refractivity contribution is 6.43. The van der Waals surface area contributed by atoms with Crippen LogP contribution < -0.4 is 4.90 Å². The van der Waals surface area contributed by atoms with Crippen LogP contribution >= 0.6 is 23.2 Å². The maximum Gasteiger partial charge on any atom is 0.0829 e. The molecular formula is C22H27Cl2N. The van der Waals surface area contributed by atoms with Crippen molar-refractivity contribution in [1.29, 1.82) is 0 Å². The first-order valence-corrected chi connectivity index (χ1v) is 9.37. The van der Waals surface area contributed by atoms with E-state index in [9.17, 15) is 0 Å². The predicted molar refractivity (Wildman–Crippen MR) is 113 cm³/mol. The second-order valence-corrected chi connectivity index (χ2v) is 8.41. The van der Waals surface area contributed by atoms with Crippen LogP contribution in [0.25, 0.3) is 0 Å². The fraction of sp³-hybridized carbons (Fsp3) is 0.364. The topological polar surface area (TPSA) is 3.24 Å². The SMILES string of the molecule is C=CCC(C)N(c1ccc(C(C)(C)C)cc1)c1cc(C)cc(Cl)c1Cl. The van der Waals surface area contributed by atoms with Gasteiger partial charge in [-0.05, 0) is 61.1 Å². The van der Waals surface area contributed by atoms with E-state index in [-0.39, 0.29) is 11.5 Å². The van der Waals surface area contributed by atoms with Gasteiger partial charge in [0.15, 0.2) is 0 Å². The van der Waals surface area contributed by atoms with Crippen LogP contribution in [0.1, 0.15) is 45.2 Å². The van der Waals surface area contributed by atoms with Crippen LogP contribution in [-0.2, 0) is 5.41 Å². The molecule has 3 heteroatoms. The number of rotatable bonds is 5. The molecule has 25 heavy (non-hydrogen) atoms. The van der Waals surface area contributed by atoms with E-state index in [2.05, 4.69) is 69.5 Å². The van der Waals surface area contributed by atoms with Crippen molar-refractivity contribution in [2.24, 2.45) is 0 Å². The molecule has 0 heterocycles. The van der Waals surface area contributed by atoms with Gasteiger partial charge >= 0.3 is 0 Å². The summed E-state index contributed by atoms with van der Waals surface area (Å²) in [7, 11) is 0. The molecule has 0 N–H and O–H groups in total. The summed E-state index contributed by atoms with van der Waals surface area (Å²) >= 11 is 12.9. The van der Waals surface area contributed by atoms with Crippen LogP contribution in [-0.4, -0.2) is 6.04 Å². The minimum atomic E-state index is 0.125. The monoisotopic (exact) mass is 375 g/mol. The van der Waals surface area contributed by atoms with Gasteiger partial charge in [0.05, 0.1) is 15.7 Å². The molecule has 1 atom stereocenters. The average Bonchev–Trinajstić information content (AvgIpc) is 2.52. The Kier molecular flexibility index (Phi) is 6.24. The third-order valence-corrected chi connectivity index (χ3v) is 5.16. The van der Waals surface area contributed by atoms with Crippen LogP contribution in [0, 0.1) is 6.92 Å². The molecule has 0 amide bonds. The Labute approximate surface area is 162 Å². The average molecular weight is 376 g/mol. The fourth-order valence-electron chi connectivity index (χ4n) is 2.98. The fourth-order valence-corrected chi connectivity index (χ4v) is 3.45. The van der Waals surface area contributed by atoms with E-state index in [4.69, 9.17) is 23.2 Å². The zero-order chi connectivity index (χ0) is 18.8. The van der Waals surface area contributed by atoms with E-state index in [1.54, 1.807) is 0 Å². The molecule has 0 aromatic heterocycles. The molecule has 1 unspecified atom stereocenters. The number of hydrogen-bond acceptors (Lipinski definition) is 1. The van der Waals surface area contributed by atoms with E-state index >= 15 is 0 Å². The lowest BCUT2D eigenvalue weighted by Crippen LogP contribution is -2.28. The van der Waals surface area contributed by atoms with Gasteiger partial charge in [-0.2, -0.15) is 0 Å². The number of hydrogen-bond donors (Lipinski definition) is 0. The molecule has 134 valence electrons. The normalized spacial score (nSPS) is 12.8. The predicted octanol–water partition coefficient (Wildman–Crippen LogP) is 7.70. The Morgan fingerprint density at radius 2 is 1.72 bits per heavy atom. The van der Waals surface area contributed by atoms with Gasteiger partial charge in [0.2, 0.25) is 0 Å². The molecule has 1 nitrogen and oxygen atoms in total. The number of anilines is 2. The smallest absolute Gasteiger partial charge is 0.0829 e. The van der Waals surface area contributed by atoms with Gasteiger partial charge in [0.1, 0.15) is 0 Å². The highest BCUT2D eigenvalue weighted by Crippen LogP contribution is 2.40. The van der Waals surface area contributed by atoms with E-state index in [0.717, 1.165) is 23.4 Å². The molecule has 0 aliphatic rings. The molecule has 0 radical (unpaired) electrons. The lowest BCUT2D eigenvalue weighted by molar-refractivity contribution is 0.590. The van der Waals surface area contributed by atoms with Crippen LogP contribution in [0.2, 0.25) is 10.0 Å². The zero-order valence-electron chi connectivity index (χ0n) is 15.7. The van der Waals surface area contributed by atoms with Gasteiger partial charge < -0.3 is 4.90 Å². The van der Waals surface area contributed by atoms with Crippen molar-refractivity contribution in [3.63, 3.8) is 0 Å². The van der Waals surface area contributed by atoms with Gasteiger partial charge in [-0.25, -0.2) is 0 Å². The second kappa shape index (κ2) is 7.85. The van der Waals surface area contributed by atoms with Gasteiger partial charge in [-0.1, -0.05) is 62.2 Å². The summed E-state index contributed by atoms with van der Waals surface area (Å²) in [4.78, 5) is 2.25.